The Balaban J connectivity index is 1.61. The van der Waals surface area contributed by atoms with Gasteiger partial charge in [-0.25, -0.2) is 22.1 Å². The molecule has 3 rings (SSSR count). The number of carbonyl (C=O) groups excluding carboxylic acids is 1. The van der Waals surface area contributed by atoms with Crippen LogP contribution in [0.25, 0.3) is 0 Å². The summed E-state index contributed by atoms with van der Waals surface area (Å²) in [6, 6.07) is 2.52. The number of benzene rings is 1. The molecule has 1 aromatic carbocycles. The van der Waals surface area contributed by atoms with Gasteiger partial charge in [0.1, 0.15) is 11.5 Å². The lowest BCUT2D eigenvalue weighted by molar-refractivity contribution is -0.140. The van der Waals surface area contributed by atoms with Crippen molar-refractivity contribution in [2.75, 3.05) is 19.3 Å². The molecule has 0 atom stereocenters. The maximum atomic E-state index is 13.4. The summed E-state index contributed by atoms with van der Waals surface area (Å²) in [5.41, 5.74) is -1.06. The van der Waals surface area contributed by atoms with Gasteiger partial charge in [0, 0.05) is 31.9 Å². The van der Waals surface area contributed by atoms with Gasteiger partial charge in [-0.3, -0.25) is 4.79 Å². The molecule has 164 valence electrons. The molecule has 0 spiro atoms. The van der Waals surface area contributed by atoms with Crippen LogP contribution in [0.15, 0.2) is 30.7 Å². The number of nitrogens with zero attached hydrogens (tertiary/aromatic N) is 3. The van der Waals surface area contributed by atoms with E-state index in [1.807, 2.05) is 0 Å². The van der Waals surface area contributed by atoms with Crippen LogP contribution >= 0.6 is 0 Å². The molecule has 1 fully saturated rings. The molecular weight excluding hydrogens is 428 g/mol. The minimum absolute atomic E-state index is 0.0175. The van der Waals surface area contributed by atoms with Crippen LogP contribution in [0, 0.1) is 5.82 Å². The van der Waals surface area contributed by atoms with Gasteiger partial charge in [-0.2, -0.15) is 13.2 Å². The van der Waals surface area contributed by atoms with Crippen molar-refractivity contribution in [2.45, 2.75) is 31.6 Å². The van der Waals surface area contributed by atoms with Gasteiger partial charge in [0.2, 0.25) is 10.0 Å². The topological polar surface area (TPSA) is 84.3 Å². The average molecular weight is 448 g/mol. The first-order valence-electron chi connectivity index (χ1n) is 9.07. The number of aromatic nitrogens is 2. The Morgan fingerprint density at radius 2 is 1.93 bits per heavy atom. The van der Waals surface area contributed by atoms with E-state index < -0.39 is 33.5 Å². The van der Waals surface area contributed by atoms with Crippen molar-refractivity contribution in [3.63, 3.8) is 0 Å². The van der Waals surface area contributed by atoms with Gasteiger partial charge in [-0.15, -0.1) is 0 Å². The van der Waals surface area contributed by atoms with E-state index in [1.54, 1.807) is 0 Å². The molecule has 7 nitrogen and oxygen atoms in total. The Morgan fingerprint density at radius 1 is 1.27 bits per heavy atom. The molecule has 12 heteroatoms. The van der Waals surface area contributed by atoms with Crippen LogP contribution in [-0.2, 0) is 22.7 Å². The maximum Gasteiger partial charge on any atom is 0.419 e. The van der Waals surface area contributed by atoms with Gasteiger partial charge in [0.15, 0.2) is 0 Å². The second kappa shape index (κ2) is 8.34. The summed E-state index contributed by atoms with van der Waals surface area (Å²) in [7, 11) is -3.26. The molecule has 0 aliphatic carbocycles. The second-order valence-corrected chi connectivity index (χ2v) is 9.14. The van der Waals surface area contributed by atoms with E-state index in [9.17, 15) is 30.8 Å². The molecule has 2 aromatic rings. The smallest absolute Gasteiger partial charge is 0.348 e. The number of sulfonamides is 1. The fourth-order valence-electron chi connectivity index (χ4n) is 3.25. The summed E-state index contributed by atoms with van der Waals surface area (Å²) in [6.45, 7) is 0.602. The number of hydrogen-bond donors (Lipinski definition) is 1. The first-order valence-corrected chi connectivity index (χ1v) is 10.9. The minimum Gasteiger partial charge on any atom is -0.348 e. The van der Waals surface area contributed by atoms with Gasteiger partial charge in [0.25, 0.3) is 5.91 Å². The quantitative estimate of drug-likeness (QED) is 0.712. The zero-order valence-electron chi connectivity index (χ0n) is 16.0. The molecule has 0 saturated carbocycles. The normalized spacial score (nSPS) is 16.6. The van der Waals surface area contributed by atoms with E-state index in [-0.39, 0.29) is 23.8 Å². The van der Waals surface area contributed by atoms with Gasteiger partial charge in [0.05, 0.1) is 18.1 Å². The highest BCUT2D eigenvalue weighted by Crippen LogP contribution is 2.32. The van der Waals surface area contributed by atoms with E-state index in [0.29, 0.717) is 25.9 Å². The number of alkyl halides is 3. The van der Waals surface area contributed by atoms with Gasteiger partial charge in [-0.1, -0.05) is 6.07 Å². The minimum atomic E-state index is -4.80. The van der Waals surface area contributed by atoms with Crippen molar-refractivity contribution in [3.8, 4) is 0 Å². The molecule has 1 aliphatic rings. The van der Waals surface area contributed by atoms with Crippen molar-refractivity contribution in [2.24, 2.45) is 0 Å². The summed E-state index contributed by atoms with van der Waals surface area (Å²) in [4.78, 5) is 16.3. The number of amides is 1. The largest absolute Gasteiger partial charge is 0.419 e. The van der Waals surface area contributed by atoms with Crippen LogP contribution in [0.2, 0.25) is 0 Å². The fourth-order valence-corrected chi connectivity index (χ4v) is 4.13. The Bertz CT molecular complexity index is 1030. The van der Waals surface area contributed by atoms with E-state index in [0.717, 1.165) is 18.4 Å². The Kier molecular flexibility index (Phi) is 6.18. The first kappa shape index (κ1) is 22.2. The molecule has 30 heavy (non-hydrogen) atoms. The summed E-state index contributed by atoms with van der Waals surface area (Å²) in [5.74, 6) is -1.81. The number of hydrogen-bond acceptors (Lipinski definition) is 4. The van der Waals surface area contributed by atoms with E-state index in [4.69, 9.17) is 0 Å². The molecule has 1 amide bonds. The van der Waals surface area contributed by atoms with Crippen LogP contribution in [0.5, 0.6) is 0 Å². The van der Waals surface area contributed by atoms with Crippen LogP contribution in [0.1, 0.15) is 34.5 Å². The van der Waals surface area contributed by atoms with E-state index >= 15 is 0 Å². The summed E-state index contributed by atoms with van der Waals surface area (Å²) in [5, 5.41) is 2.79. The number of halogens is 4. The van der Waals surface area contributed by atoms with Crippen molar-refractivity contribution in [1.29, 1.82) is 0 Å². The highest BCUT2D eigenvalue weighted by molar-refractivity contribution is 7.88. The lowest BCUT2D eigenvalue weighted by Gasteiger charge is -2.30. The third-order valence-electron chi connectivity index (χ3n) is 4.83. The molecule has 1 N–H and O–H groups in total. The molecular formula is C18H20F4N4O3S. The SMILES string of the molecule is CS(=O)(=O)N1CCC(NC(=O)c2cn(Cc3ccc(F)c(C(F)(F)F)c3)cn2)CC1. The van der Waals surface area contributed by atoms with Crippen LogP contribution in [0.4, 0.5) is 17.6 Å². The number of carbonyl (C=O) groups is 1. The Labute approximate surface area is 170 Å². The first-order chi connectivity index (χ1) is 13.9. The standard InChI is InChI=1S/C18H20F4N4O3S/c1-30(28,29)26-6-4-13(5-7-26)24-17(27)16-10-25(11-23-16)9-12-2-3-15(19)14(8-12)18(20,21)22/h2-3,8,10-11,13H,4-7,9H2,1H3,(H,24,27). The Morgan fingerprint density at radius 3 is 2.53 bits per heavy atom. The number of nitrogens with one attached hydrogen (secondary N) is 1. The number of piperidine rings is 1. The predicted molar refractivity (Wildman–Crippen MR) is 99.6 cm³/mol. The van der Waals surface area contributed by atoms with Crippen molar-refractivity contribution >= 4 is 15.9 Å². The molecule has 2 heterocycles. The van der Waals surface area contributed by atoms with Crippen molar-refractivity contribution in [1.82, 2.24) is 19.2 Å². The summed E-state index contributed by atoms with van der Waals surface area (Å²) >= 11 is 0. The molecule has 1 aromatic heterocycles. The maximum absolute atomic E-state index is 13.4. The van der Waals surface area contributed by atoms with Crippen LogP contribution in [0.3, 0.4) is 0 Å². The fraction of sp³-hybridized carbons (Fsp3) is 0.444. The van der Waals surface area contributed by atoms with E-state index in [1.165, 1.54) is 27.5 Å². The van der Waals surface area contributed by atoms with Crippen molar-refractivity contribution in [3.05, 3.63) is 53.4 Å². The summed E-state index contributed by atoms with van der Waals surface area (Å²) in [6.07, 6.45) is -0.0376. The monoisotopic (exact) mass is 448 g/mol. The average Bonchev–Trinajstić information content (AvgIpc) is 3.11. The van der Waals surface area contributed by atoms with Crippen molar-refractivity contribution < 1.29 is 30.8 Å². The molecule has 1 saturated heterocycles. The molecule has 1 aliphatic heterocycles. The second-order valence-electron chi connectivity index (χ2n) is 7.15. The van der Waals surface area contributed by atoms with Crippen LogP contribution < -0.4 is 5.32 Å². The zero-order valence-corrected chi connectivity index (χ0v) is 16.8. The predicted octanol–water partition coefficient (Wildman–Crippen LogP) is 2.24. The molecule has 0 radical (unpaired) electrons. The third kappa shape index (κ3) is 5.36. The lowest BCUT2D eigenvalue weighted by atomic mass is 10.1. The van der Waals surface area contributed by atoms with Gasteiger partial charge in [-0.05, 0) is 30.5 Å². The van der Waals surface area contributed by atoms with Gasteiger partial charge >= 0.3 is 6.18 Å². The number of imidazole rings is 1. The summed E-state index contributed by atoms with van der Waals surface area (Å²) < 4.78 is 77.7. The molecule has 0 bridgehead atoms. The third-order valence-corrected chi connectivity index (χ3v) is 6.13. The zero-order chi connectivity index (χ0) is 22.1. The highest BCUT2D eigenvalue weighted by atomic mass is 32.2. The molecule has 0 unspecified atom stereocenters. The highest BCUT2D eigenvalue weighted by Gasteiger charge is 2.34. The van der Waals surface area contributed by atoms with Crippen LogP contribution in [-0.4, -0.2) is 53.6 Å². The van der Waals surface area contributed by atoms with E-state index in [2.05, 4.69) is 10.3 Å². The number of rotatable bonds is 5. The van der Waals surface area contributed by atoms with Gasteiger partial charge < -0.3 is 9.88 Å². The lowest BCUT2D eigenvalue weighted by Crippen LogP contribution is -2.46. The Hall–Kier alpha value is -2.47.